The van der Waals surface area contributed by atoms with E-state index in [-0.39, 0.29) is 17.9 Å². The molecule has 0 atom stereocenters. The number of carbonyl (C=O) groups is 1. The Balaban J connectivity index is 1.89. The largest absolute Gasteiger partial charge is 0.396 e. The summed E-state index contributed by atoms with van der Waals surface area (Å²) in [7, 11) is 0. The third-order valence-electron chi connectivity index (χ3n) is 5.14. The van der Waals surface area contributed by atoms with Crippen molar-refractivity contribution in [2.75, 3.05) is 26.2 Å². The molecule has 1 heterocycles. The first kappa shape index (κ1) is 18.9. The van der Waals surface area contributed by atoms with Crippen molar-refractivity contribution in [1.29, 1.82) is 0 Å². The lowest BCUT2D eigenvalue weighted by molar-refractivity contribution is -0.135. The van der Waals surface area contributed by atoms with Gasteiger partial charge >= 0.3 is 0 Å². The third-order valence-corrected chi connectivity index (χ3v) is 5.14. The molecule has 4 heteroatoms. The van der Waals surface area contributed by atoms with Gasteiger partial charge in [0.25, 0.3) is 0 Å². The van der Waals surface area contributed by atoms with E-state index < -0.39 is 0 Å². The first-order chi connectivity index (χ1) is 11.6. The van der Waals surface area contributed by atoms with Crippen molar-refractivity contribution in [3.63, 3.8) is 0 Å². The normalized spacial score (nSPS) is 17.8. The molecule has 0 saturated carbocycles. The van der Waals surface area contributed by atoms with Crippen LogP contribution >= 0.6 is 0 Å². The van der Waals surface area contributed by atoms with Crippen LogP contribution in [0.1, 0.15) is 45.1 Å². The van der Waals surface area contributed by atoms with Crippen molar-refractivity contribution >= 4 is 5.91 Å². The molecule has 1 aromatic rings. The molecule has 1 amide bonds. The quantitative estimate of drug-likeness (QED) is 0.770. The zero-order valence-corrected chi connectivity index (χ0v) is 15.1. The molecule has 0 aliphatic carbocycles. The zero-order chi connectivity index (χ0) is 17.4. The molecule has 1 aliphatic rings. The van der Waals surface area contributed by atoms with Crippen molar-refractivity contribution in [1.82, 2.24) is 10.2 Å². The number of hydrogen-bond acceptors (Lipinski definition) is 3. The van der Waals surface area contributed by atoms with Crippen LogP contribution in [0.2, 0.25) is 0 Å². The van der Waals surface area contributed by atoms with Gasteiger partial charge in [0.2, 0.25) is 5.91 Å². The highest BCUT2D eigenvalue weighted by molar-refractivity contribution is 5.82. The van der Waals surface area contributed by atoms with E-state index in [1.807, 2.05) is 6.07 Å². The minimum absolute atomic E-state index is 0.0796. The lowest BCUT2D eigenvalue weighted by atomic mass is 9.75. The molecule has 134 valence electrons. The zero-order valence-electron chi connectivity index (χ0n) is 15.1. The SMILES string of the molecule is CC(C)CCNC(=O)C1(CCO)CCN(Cc2ccccc2)CC1. The second kappa shape index (κ2) is 9.19. The highest BCUT2D eigenvalue weighted by Crippen LogP contribution is 2.35. The topological polar surface area (TPSA) is 52.6 Å². The lowest BCUT2D eigenvalue weighted by Gasteiger charge is -2.40. The summed E-state index contributed by atoms with van der Waals surface area (Å²) in [5.41, 5.74) is 0.924. The molecule has 0 unspecified atom stereocenters. The number of nitrogens with one attached hydrogen (secondary N) is 1. The van der Waals surface area contributed by atoms with Crippen LogP contribution < -0.4 is 5.32 Å². The number of nitrogens with zero attached hydrogens (tertiary/aromatic N) is 1. The summed E-state index contributed by atoms with van der Waals surface area (Å²) in [6.07, 6.45) is 3.22. The second-order valence-electron chi connectivity index (χ2n) is 7.45. The molecular formula is C20H32N2O2. The average molecular weight is 332 g/mol. The number of aliphatic hydroxyl groups excluding tert-OH is 1. The van der Waals surface area contributed by atoms with E-state index in [0.717, 1.165) is 45.4 Å². The lowest BCUT2D eigenvalue weighted by Crippen LogP contribution is -2.49. The van der Waals surface area contributed by atoms with E-state index in [0.29, 0.717) is 12.3 Å². The molecule has 1 aromatic carbocycles. The maximum absolute atomic E-state index is 12.7. The van der Waals surface area contributed by atoms with Gasteiger partial charge in [-0.15, -0.1) is 0 Å². The third kappa shape index (κ3) is 5.32. The second-order valence-corrected chi connectivity index (χ2v) is 7.45. The van der Waals surface area contributed by atoms with Gasteiger partial charge in [-0.2, -0.15) is 0 Å². The predicted molar refractivity (Wildman–Crippen MR) is 97.6 cm³/mol. The Bertz CT molecular complexity index is 494. The van der Waals surface area contributed by atoms with E-state index >= 15 is 0 Å². The van der Waals surface area contributed by atoms with Crippen LogP contribution in [-0.4, -0.2) is 42.2 Å². The van der Waals surface area contributed by atoms with Gasteiger partial charge in [0.05, 0.1) is 5.41 Å². The van der Waals surface area contributed by atoms with Crippen LogP contribution in [0, 0.1) is 11.3 Å². The van der Waals surface area contributed by atoms with Gasteiger partial charge in [0.15, 0.2) is 0 Å². The van der Waals surface area contributed by atoms with Gasteiger partial charge in [-0.1, -0.05) is 44.2 Å². The molecule has 2 rings (SSSR count). The maximum atomic E-state index is 12.7. The highest BCUT2D eigenvalue weighted by Gasteiger charge is 2.40. The molecule has 0 bridgehead atoms. The Labute approximate surface area is 146 Å². The Morgan fingerprint density at radius 3 is 2.50 bits per heavy atom. The molecule has 1 aliphatic heterocycles. The molecular weight excluding hydrogens is 300 g/mol. The monoisotopic (exact) mass is 332 g/mol. The molecule has 2 N–H and O–H groups in total. The smallest absolute Gasteiger partial charge is 0.226 e. The van der Waals surface area contributed by atoms with Gasteiger partial charge in [0.1, 0.15) is 0 Å². The fourth-order valence-electron chi connectivity index (χ4n) is 3.45. The Hall–Kier alpha value is -1.39. The number of aliphatic hydroxyl groups is 1. The molecule has 1 saturated heterocycles. The Kier molecular flexibility index (Phi) is 7.25. The van der Waals surface area contributed by atoms with E-state index in [1.165, 1.54) is 5.56 Å². The van der Waals surface area contributed by atoms with E-state index in [4.69, 9.17) is 0 Å². The number of amides is 1. The van der Waals surface area contributed by atoms with Crippen molar-refractivity contribution in [3.8, 4) is 0 Å². The Morgan fingerprint density at radius 1 is 1.25 bits per heavy atom. The molecule has 1 fully saturated rings. The number of rotatable bonds is 8. The maximum Gasteiger partial charge on any atom is 0.226 e. The number of hydrogen-bond donors (Lipinski definition) is 2. The number of benzene rings is 1. The van der Waals surface area contributed by atoms with Crippen LogP contribution in [0.25, 0.3) is 0 Å². The highest BCUT2D eigenvalue weighted by atomic mass is 16.3. The summed E-state index contributed by atoms with van der Waals surface area (Å²) in [6, 6.07) is 10.5. The summed E-state index contributed by atoms with van der Waals surface area (Å²) >= 11 is 0. The van der Waals surface area contributed by atoms with Crippen LogP contribution in [-0.2, 0) is 11.3 Å². The van der Waals surface area contributed by atoms with Crippen LogP contribution in [0.15, 0.2) is 30.3 Å². The average Bonchev–Trinajstić information content (AvgIpc) is 2.57. The van der Waals surface area contributed by atoms with Gasteiger partial charge in [-0.05, 0) is 50.3 Å². The van der Waals surface area contributed by atoms with Gasteiger partial charge in [-0.3, -0.25) is 9.69 Å². The van der Waals surface area contributed by atoms with Crippen molar-refractivity contribution in [2.45, 2.75) is 46.1 Å². The van der Waals surface area contributed by atoms with Crippen molar-refractivity contribution < 1.29 is 9.90 Å². The number of likely N-dealkylation sites (tertiary alicyclic amines) is 1. The fraction of sp³-hybridized carbons (Fsp3) is 0.650. The Morgan fingerprint density at radius 2 is 1.92 bits per heavy atom. The van der Waals surface area contributed by atoms with Gasteiger partial charge in [0, 0.05) is 19.7 Å². The number of carbonyl (C=O) groups excluding carboxylic acids is 1. The van der Waals surface area contributed by atoms with Crippen LogP contribution in [0.5, 0.6) is 0 Å². The molecule has 0 aromatic heterocycles. The molecule has 24 heavy (non-hydrogen) atoms. The van der Waals surface area contributed by atoms with Crippen LogP contribution in [0.4, 0.5) is 0 Å². The van der Waals surface area contributed by atoms with Crippen molar-refractivity contribution in [3.05, 3.63) is 35.9 Å². The van der Waals surface area contributed by atoms with Gasteiger partial charge < -0.3 is 10.4 Å². The van der Waals surface area contributed by atoms with Gasteiger partial charge in [-0.25, -0.2) is 0 Å². The molecule has 0 radical (unpaired) electrons. The summed E-state index contributed by atoms with van der Waals surface area (Å²) < 4.78 is 0. The van der Waals surface area contributed by atoms with E-state index in [2.05, 4.69) is 48.3 Å². The number of piperidine rings is 1. The minimum atomic E-state index is -0.390. The predicted octanol–water partition coefficient (Wildman–Crippen LogP) is 2.81. The van der Waals surface area contributed by atoms with E-state index in [1.54, 1.807) is 0 Å². The van der Waals surface area contributed by atoms with E-state index in [9.17, 15) is 9.90 Å². The standard InChI is InChI=1S/C20H32N2O2/c1-17(2)8-12-21-19(24)20(11-15-23)9-13-22(14-10-20)16-18-6-4-3-5-7-18/h3-7,17,23H,8-16H2,1-2H3,(H,21,24). The first-order valence-electron chi connectivity index (χ1n) is 9.21. The summed E-state index contributed by atoms with van der Waals surface area (Å²) in [4.78, 5) is 15.1. The fourth-order valence-corrected chi connectivity index (χ4v) is 3.45. The minimum Gasteiger partial charge on any atom is -0.396 e. The first-order valence-corrected chi connectivity index (χ1v) is 9.21. The van der Waals surface area contributed by atoms with Crippen molar-refractivity contribution in [2.24, 2.45) is 11.3 Å². The summed E-state index contributed by atoms with van der Waals surface area (Å²) in [6.45, 7) is 7.90. The summed E-state index contributed by atoms with van der Waals surface area (Å²) in [5, 5.41) is 12.6. The molecule has 0 spiro atoms. The molecule has 4 nitrogen and oxygen atoms in total. The summed E-state index contributed by atoms with van der Waals surface area (Å²) in [5.74, 6) is 0.725. The van der Waals surface area contributed by atoms with Crippen LogP contribution in [0.3, 0.4) is 0 Å².